The van der Waals surface area contributed by atoms with Crippen molar-refractivity contribution < 1.29 is 18.9 Å². The zero-order valence-corrected chi connectivity index (χ0v) is 18.5. The topological polar surface area (TPSA) is 117 Å². The van der Waals surface area contributed by atoms with Gasteiger partial charge >= 0.3 is 12.1 Å². The van der Waals surface area contributed by atoms with Crippen molar-refractivity contribution in [3.8, 4) is 0 Å². The third-order valence-electron chi connectivity index (χ3n) is 4.95. The first kappa shape index (κ1) is 24.2. The molecule has 4 amide bonds. The van der Waals surface area contributed by atoms with Gasteiger partial charge in [-0.3, -0.25) is 15.0 Å². The summed E-state index contributed by atoms with van der Waals surface area (Å²) in [5, 5.41) is 18.9. The van der Waals surface area contributed by atoms with E-state index in [2.05, 4.69) is 16.0 Å². The van der Waals surface area contributed by atoms with Crippen molar-refractivity contribution >= 4 is 34.8 Å². The second-order valence-electron chi connectivity index (χ2n) is 7.29. The minimum Gasteiger partial charge on any atom is -0.336 e. The summed E-state index contributed by atoms with van der Waals surface area (Å²) in [5.74, 6) is -0.453. The molecule has 10 heteroatoms. The predicted octanol–water partition coefficient (Wildman–Crippen LogP) is 5.16. The van der Waals surface area contributed by atoms with E-state index in [1.54, 1.807) is 12.1 Å². The molecular weight excluding hydrogens is 441 g/mol. The molecule has 0 aliphatic carbocycles. The van der Waals surface area contributed by atoms with E-state index in [9.17, 15) is 24.1 Å². The monoisotopic (exact) mass is 465 g/mol. The number of carbonyl (C=O) groups is 2. The fraction of sp³-hybridized carbons (Fsp3) is 0.167. The third-order valence-corrected chi connectivity index (χ3v) is 4.95. The summed E-state index contributed by atoms with van der Waals surface area (Å²) in [6, 6.07) is 17.2. The van der Waals surface area contributed by atoms with Gasteiger partial charge in [0.05, 0.1) is 4.92 Å². The molecular formula is C24H24FN5O4. The molecule has 3 aromatic rings. The molecule has 0 aliphatic rings. The Hall–Kier alpha value is -4.47. The maximum Gasteiger partial charge on any atom is 0.326 e. The van der Waals surface area contributed by atoms with Crippen molar-refractivity contribution in [1.82, 2.24) is 5.32 Å². The van der Waals surface area contributed by atoms with Gasteiger partial charge < -0.3 is 16.0 Å². The molecule has 0 heterocycles. The van der Waals surface area contributed by atoms with E-state index in [0.29, 0.717) is 17.1 Å². The Labute approximate surface area is 195 Å². The molecule has 0 aromatic heterocycles. The molecule has 0 spiro atoms. The van der Waals surface area contributed by atoms with Crippen LogP contribution in [-0.4, -0.2) is 30.1 Å². The Kier molecular flexibility index (Phi) is 8.11. The molecule has 34 heavy (non-hydrogen) atoms. The van der Waals surface area contributed by atoms with Crippen molar-refractivity contribution in [2.75, 3.05) is 28.6 Å². The van der Waals surface area contributed by atoms with Crippen LogP contribution in [-0.2, 0) is 6.42 Å². The highest BCUT2D eigenvalue weighted by Gasteiger charge is 2.17. The molecule has 0 fully saturated rings. The molecule has 0 atom stereocenters. The molecule has 9 nitrogen and oxygen atoms in total. The van der Waals surface area contributed by atoms with Gasteiger partial charge in [0.1, 0.15) is 5.82 Å². The Morgan fingerprint density at radius 3 is 2.09 bits per heavy atom. The Bertz CT molecular complexity index is 1140. The number of aryl methyl sites for hydroxylation is 1. The fourth-order valence-corrected chi connectivity index (χ4v) is 3.11. The highest BCUT2D eigenvalue weighted by Crippen LogP contribution is 2.19. The van der Waals surface area contributed by atoms with Crippen molar-refractivity contribution in [2.24, 2.45) is 0 Å². The van der Waals surface area contributed by atoms with Crippen molar-refractivity contribution in [3.05, 3.63) is 94.3 Å². The number of halogens is 1. The average molecular weight is 465 g/mol. The fourth-order valence-electron chi connectivity index (χ4n) is 3.11. The van der Waals surface area contributed by atoms with Crippen LogP contribution in [0.25, 0.3) is 0 Å². The minimum atomic E-state index is -0.544. The van der Waals surface area contributed by atoms with Gasteiger partial charge in [0.25, 0.3) is 5.69 Å². The largest absolute Gasteiger partial charge is 0.336 e. The number of non-ortho nitro benzene ring substituents is 1. The summed E-state index contributed by atoms with van der Waals surface area (Å²) < 4.78 is 13.4. The van der Waals surface area contributed by atoms with Gasteiger partial charge in [0.15, 0.2) is 0 Å². The number of nitro groups is 1. The van der Waals surface area contributed by atoms with Gasteiger partial charge in [-0.2, -0.15) is 0 Å². The summed E-state index contributed by atoms with van der Waals surface area (Å²) in [4.78, 5) is 36.7. The Morgan fingerprint density at radius 2 is 1.50 bits per heavy atom. The number of hydrogen-bond acceptors (Lipinski definition) is 4. The van der Waals surface area contributed by atoms with Crippen LogP contribution in [0.4, 0.5) is 36.7 Å². The second kappa shape index (κ2) is 11.4. The van der Waals surface area contributed by atoms with Crippen LogP contribution in [0, 0.1) is 15.9 Å². The van der Waals surface area contributed by atoms with Gasteiger partial charge in [-0.15, -0.1) is 0 Å². The molecule has 3 rings (SSSR count). The molecule has 3 N–H and O–H groups in total. The van der Waals surface area contributed by atoms with E-state index in [1.165, 1.54) is 53.4 Å². The number of anilines is 3. The summed E-state index contributed by atoms with van der Waals surface area (Å²) in [6.07, 6.45) is 0.896. The summed E-state index contributed by atoms with van der Waals surface area (Å²) in [6.45, 7) is 2.25. The summed E-state index contributed by atoms with van der Waals surface area (Å²) >= 11 is 0. The normalized spacial score (nSPS) is 10.3. The quantitative estimate of drug-likeness (QED) is 0.315. The van der Waals surface area contributed by atoms with E-state index in [0.717, 1.165) is 12.0 Å². The number of rotatable bonds is 8. The molecule has 0 aliphatic heterocycles. The number of amides is 4. The SMILES string of the molecule is CCc1ccc(NC(=O)NCCN(C(=O)Nc2ccc([N+](=O)[O-])cc2)c2ccc(F)cc2)cc1. The first-order valence-electron chi connectivity index (χ1n) is 10.6. The molecule has 0 saturated carbocycles. The Balaban J connectivity index is 1.63. The van der Waals surface area contributed by atoms with Crippen LogP contribution >= 0.6 is 0 Å². The van der Waals surface area contributed by atoms with Crippen LogP contribution in [0.2, 0.25) is 0 Å². The molecule has 0 saturated heterocycles. The van der Waals surface area contributed by atoms with Crippen molar-refractivity contribution in [3.63, 3.8) is 0 Å². The van der Waals surface area contributed by atoms with Crippen molar-refractivity contribution in [2.45, 2.75) is 13.3 Å². The minimum absolute atomic E-state index is 0.0899. The van der Waals surface area contributed by atoms with E-state index in [4.69, 9.17) is 0 Å². The number of nitrogens with one attached hydrogen (secondary N) is 3. The van der Waals surface area contributed by atoms with Gasteiger partial charge in [-0.05, 0) is 60.5 Å². The van der Waals surface area contributed by atoms with Crippen LogP contribution in [0.3, 0.4) is 0 Å². The zero-order chi connectivity index (χ0) is 24.5. The lowest BCUT2D eigenvalue weighted by atomic mass is 10.1. The second-order valence-corrected chi connectivity index (χ2v) is 7.29. The van der Waals surface area contributed by atoms with Gasteiger partial charge in [0, 0.05) is 42.3 Å². The Morgan fingerprint density at radius 1 is 0.912 bits per heavy atom. The molecule has 3 aromatic carbocycles. The van der Waals surface area contributed by atoms with Crippen LogP contribution in [0.1, 0.15) is 12.5 Å². The van der Waals surface area contributed by atoms with Crippen LogP contribution < -0.4 is 20.9 Å². The lowest BCUT2D eigenvalue weighted by molar-refractivity contribution is -0.384. The zero-order valence-electron chi connectivity index (χ0n) is 18.5. The lowest BCUT2D eigenvalue weighted by Crippen LogP contribution is -2.42. The number of urea groups is 2. The number of benzene rings is 3. The molecule has 0 radical (unpaired) electrons. The smallest absolute Gasteiger partial charge is 0.326 e. The highest BCUT2D eigenvalue weighted by atomic mass is 19.1. The molecule has 0 bridgehead atoms. The van der Waals surface area contributed by atoms with Gasteiger partial charge in [-0.25, -0.2) is 14.0 Å². The molecule has 0 unspecified atom stereocenters. The first-order valence-corrected chi connectivity index (χ1v) is 10.6. The highest BCUT2D eigenvalue weighted by molar-refractivity contribution is 6.01. The van der Waals surface area contributed by atoms with Gasteiger partial charge in [0.2, 0.25) is 0 Å². The van der Waals surface area contributed by atoms with E-state index < -0.39 is 22.8 Å². The lowest BCUT2D eigenvalue weighted by Gasteiger charge is -2.23. The first-order chi connectivity index (χ1) is 16.4. The van der Waals surface area contributed by atoms with Crippen molar-refractivity contribution in [1.29, 1.82) is 0 Å². The van der Waals surface area contributed by atoms with Crippen LogP contribution in [0.5, 0.6) is 0 Å². The number of carbonyl (C=O) groups excluding carboxylic acids is 2. The third kappa shape index (κ3) is 6.76. The summed E-state index contributed by atoms with van der Waals surface area (Å²) in [7, 11) is 0. The number of nitro benzene ring substituents is 1. The predicted molar refractivity (Wildman–Crippen MR) is 129 cm³/mol. The van der Waals surface area contributed by atoms with E-state index in [1.807, 2.05) is 19.1 Å². The maximum absolute atomic E-state index is 13.4. The maximum atomic E-state index is 13.4. The molecule has 176 valence electrons. The summed E-state index contributed by atoms with van der Waals surface area (Å²) in [5.41, 5.74) is 2.45. The number of hydrogen-bond donors (Lipinski definition) is 3. The average Bonchev–Trinajstić information content (AvgIpc) is 2.83. The standard InChI is InChI=1S/C24H24FN5O4/c1-2-17-3-7-19(8-4-17)27-23(31)26-15-16-29(21-11-5-18(25)6-12-21)24(32)28-20-9-13-22(14-10-20)30(33)34/h3-14H,2,15-16H2,1H3,(H,28,32)(H2,26,27,31). The van der Waals surface area contributed by atoms with Gasteiger partial charge in [-0.1, -0.05) is 19.1 Å². The van der Waals surface area contributed by atoms with Crippen LogP contribution in [0.15, 0.2) is 72.8 Å². The number of nitrogens with zero attached hydrogens (tertiary/aromatic N) is 2. The van der Waals surface area contributed by atoms with E-state index >= 15 is 0 Å². The van der Waals surface area contributed by atoms with E-state index in [-0.39, 0.29) is 18.8 Å².